The smallest absolute Gasteiger partial charge is 0.206 e. The molecule has 0 spiro atoms. The molecule has 0 saturated carbocycles. The Bertz CT molecular complexity index is 1090. The number of methoxy groups -OCH3 is 2. The van der Waals surface area contributed by atoms with Crippen LogP contribution in [0.5, 0.6) is 11.5 Å². The van der Waals surface area contributed by atoms with Crippen LogP contribution in [0, 0.1) is 6.92 Å². The van der Waals surface area contributed by atoms with Crippen LogP contribution in [0.1, 0.15) is 18.1 Å². The third-order valence-electron chi connectivity index (χ3n) is 4.44. The Morgan fingerprint density at radius 1 is 1.10 bits per heavy atom. The molecule has 0 atom stereocenters. The van der Waals surface area contributed by atoms with Crippen molar-refractivity contribution in [1.82, 2.24) is 4.68 Å². The highest BCUT2D eigenvalue weighted by Gasteiger charge is 2.10. The van der Waals surface area contributed by atoms with Crippen LogP contribution in [-0.2, 0) is 0 Å². The third-order valence-corrected chi connectivity index (χ3v) is 5.29. The first-order valence-corrected chi connectivity index (χ1v) is 10.1. The Morgan fingerprint density at radius 2 is 1.83 bits per heavy atom. The van der Waals surface area contributed by atoms with Gasteiger partial charge in [-0.1, -0.05) is 35.9 Å². The van der Waals surface area contributed by atoms with Crippen LogP contribution in [0.15, 0.2) is 70.6 Å². The number of hydrogen-bond acceptors (Lipinski definition) is 5. The molecule has 0 amide bonds. The van der Waals surface area contributed by atoms with Crippen molar-refractivity contribution < 1.29 is 9.47 Å². The molecule has 150 valence electrons. The quantitative estimate of drug-likeness (QED) is 0.413. The van der Waals surface area contributed by atoms with E-state index in [4.69, 9.17) is 14.6 Å². The minimum atomic E-state index is 0.540. The third kappa shape index (κ3) is 4.66. The van der Waals surface area contributed by atoms with Gasteiger partial charge >= 0.3 is 0 Å². The normalized spacial score (nSPS) is 12.1. The van der Waals surface area contributed by atoms with Crippen molar-refractivity contribution in [2.75, 3.05) is 20.8 Å². The van der Waals surface area contributed by atoms with Crippen molar-refractivity contribution in [2.45, 2.75) is 13.8 Å². The van der Waals surface area contributed by atoms with E-state index in [9.17, 15) is 0 Å². The number of ether oxygens (including phenoxy) is 2. The molecule has 0 aliphatic heterocycles. The van der Waals surface area contributed by atoms with E-state index in [2.05, 4.69) is 48.1 Å². The van der Waals surface area contributed by atoms with Gasteiger partial charge in [0.15, 0.2) is 11.5 Å². The van der Waals surface area contributed by atoms with Gasteiger partial charge in [0.2, 0.25) is 4.80 Å². The van der Waals surface area contributed by atoms with Crippen LogP contribution in [0.3, 0.4) is 0 Å². The molecule has 3 rings (SSSR count). The maximum atomic E-state index is 5.43. The van der Waals surface area contributed by atoms with Crippen molar-refractivity contribution in [3.63, 3.8) is 0 Å². The number of aromatic nitrogens is 1. The van der Waals surface area contributed by atoms with E-state index in [1.807, 2.05) is 29.8 Å². The van der Waals surface area contributed by atoms with Crippen molar-refractivity contribution >= 4 is 17.0 Å². The maximum Gasteiger partial charge on any atom is 0.206 e. The summed E-state index contributed by atoms with van der Waals surface area (Å²) < 4.78 is 12.7. The van der Waals surface area contributed by atoms with Gasteiger partial charge in [0.05, 0.1) is 32.2 Å². The van der Waals surface area contributed by atoms with Gasteiger partial charge in [0.25, 0.3) is 0 Å². The standard InChI is InChI=1S/C23H25N3O2S/c1-6-13-24-23-26(20(15-29-23)18-9-7-16(2)8-10-18)25-17(3)19-11-12-21(27-4)22(14-19)28-5/h6-12,14-15H,1,13H2,2-5H3. The lowest BCUT2D eigenvalue weighted by Crippen LogP contribution is -2.14. The fourth-order valence-corrected chi connectivity index (χ4v) is 3.68. The lowest BCUT2D eigenvalue weighted by molar-refractivity contribution is 0.355. The second-order valence-corrected chi connectivity index (χ2v) is 7.30. The molecule has 29 heavy (non-hydrogen) atoms. The zero-order chi connectivity index (χ0) is 20.8. The molecule has 0 saturated heterocycles. The largest absolute Gasteiger partial charge is 0.493 e. The van der Waals surface area contributed by atoms with Gasteiger partial charge < -0.3 is 9.47 Å². The Kier molecular flexibility index (Phi) is 6.67. The number of thiazole rings is 1. The summed E-state index contributed by atoms with van der Waals surface area (Å²) in [4.78, 5) is 5.43. The molecule has 0 N–H and O–H groups in total. The zero-order valence-electron chi connectivity index (χ0n) is 17.2. The lowest BCUT2D eigenvalue weighted by atomic mass is 10.1. The summed E-state index contributed by atoms with van der Waals surface area (Å²) in [6.45, 7) is 8.36. The van der Waals surface area contributed by atoms with Gasteiger partial charge in [0, 0.05) is 16.5 Å². The summed E-state index contributed by atoms with van der Waals surface area (Å²) in [5.41, 5.74) is 5.11. The molecule has 0 unspecified atom stereocenters. The van der Waals surface area contributed by atoms with E-state index in [0.29, 0.717) is 18.0 Å². The number of rotatable bonds is 7. The molecule has 3 aromatic rings. The fourth-order valence-electron chi connectivity index (χ4n) is 2.84. The van der Waals surface area contributed by atoms with Crippen LogP contribution in [0.25, 0.3) is 11.3 Å². The van der Waals surface area contributed by atoms with Crippen LogP contribution in [0.4, 0.5) is 0 Å². The predicted octanol–water partition coefficient (Wildman–Crippen LogP) is 4.90. The minimum Gasteiger partial charge on any atom is -0.493 e. The number of nitrogens with zero attached hydrogens (tertiary/aromatic N) is 3. The van der Waals surface area contributed by atoms with Crippen LogP contribution in [0.2, 0.25) is 0 Å². The van der Waals surface area contributed by atoms with Gasteiger partial charge in [-0.25, -0.2) is 4.68 Å². The van der Waals surface area contributed by atoms with Crippen molar-refractivity contribution in [3.05, 3.63) is 76.4 Å². The molecule has 0 fully saturated rings. The highest BCUT2D eigenvalue weighted by Crippen LogP contribution is 2.28. The molecular formula is C23H25N3O2S. The molecule has 5 nitrogen and oxygen atoms in total. The van der Waals surface area contributed by atoms with Crippen LogP contribution in [-0.4, -0.2) is 31.2 Å². The molecule has 0 radical (unpaired) electrons. The van der Waals surface area contributed by atoms with E-state index in [1.54, 1.807) is 31.6 Å². The van der Waals surface area contributed by atoms with E-state index < -0.39 is 0 Å². The average molecular weight is 408 g/mol. The van der Waals surface area contributed by atoms with Gasteiger partial charge in [-0.2, -0.15) is 5.10 Å². The van der Waals surface area contributed by atoms with Gasteiger partial charge in [-0.15, -0.1) is 17.9 Å². The Labute approximate surface area is 175 Å². The van der Waals surface area contributed by atoms with Gasteiger partial charge in [0.1, 0.15) is 0 Å². The summed E-state index contributed by atoms with van der Waals surface area (Å²) in [6.07, 6.45) is 1.78. The molecule has 0 aliphatic rings. The highest BCUT2D eigenvalue weighted by atomic mass is 32.1. The van der Waals surface area contributed by atoms with Crippen LogP contribution >= 0.6 is 11.3 Å². The topological polar surface area (TPSA) is 48.1 Å². The summed E-state index contributed by atoms with van der Waals surface area (Å²) in [5.74, 6) is 1.36. The monoisotopic (exact) mass is 407 g/mol. The first-order chi connectivity index (χ1) is 14.1. The first kappa shape index (κ1) is 20.6. The Balaban J connectivity index is 2.12. The Morgan fingerprint density at radius 3 is 2.48 bits per heavy atom. The molecule has 0 aliphatic carbocycles. The number of hydrogen-bond donors (Lipinski definition) is 0. The zero-order valence-corrected chi connectivity index (χ0v) is 18.0. The molecule has 1 heterocycles. The Hall–Kier alpha value is -3.12. The number of benzene rings is 2. The van der Waals surface area contributed by atoms with E-state index in [0.717, 1.165) is 27.3 Å². The van der Waals surface area contributed by atoms with Crippen molar-refractivity contribution in [1.29, 1.82) is 0 Å². The number of aryl methyl sites for hydroxylation is 1. The van der Waals surface area contributed by atoms with Crippen molar-refractivity contribution in [2.24, 2.45) is 10.1 Å². The fraction of sp³-hybridized carbons (Fsp3) is 0.217. The predicted molar refractivity (Wildman–Crippen MR) is 120 cm³/mol. The van der Waals surface area contributed by atoms with E-state index in [1.165, 1.54) is 5.56 Å². The molecule has 1 aromatic heterocycles. The average Bonchev–Trinajstić information content (AvgIpc) is 3.14. The second-order valence-electron chi connectivity index (χ2n) is 6.47. The summed E-state index contributed by atoms with van der Waals surface area (Å²) in [6, 6.07) is 14.2. The minimum absolute atomic E-state index is 0.540. The van der Waals surface area contributed by atoms with E-state index >= 15 is 0 Å². The van der Waals surface area contributed by atoms with Crippen molar-refractivity contribution in [3.8, 4) is 22.8 Å². The SMILES string of the molecule is C=CCN=c1scc(-c2ccc(C)cc2)n1N=C(C)c1ccc(OC)c(OC)c1. The van der Waals surface area contributed by atoms with Crippen LogP contribution < -0.4 is 14.3 Å². The summed E-state index contributed by atoms with van der Waals surface area (Å²) >= 11 is 1.56. The molecule has 6 heteroatoms. The molecule has 2 aromatic carbocycles. The van der Waals surface area contributed by atoms with Gasteiger partial charge in [-0.3, -0.25) is 4.99 Å². The maximum absolute atomic E-state index is 5.43. The van der Waals surface area contributed by atoms with E-state index in [-0.39, 0.29) is 0 Å². The molecule has 0 bridgehead atoms. The highest BCUT2D eigenvalue weighted by molar-refractivity contribution is 7.07. The molecular weight excluding hydrogens is 382 g/mol. The second kappa shape index (κ2) is 9.39. The summed E-state index contributed by atoms with van der Waals surface area (Å²) in [7, 11) is 3.25. The van der Waals surface area contributed by atoms with Gasteiger partial charge in [-0.05, 0) is 32.0 Å². The summed E-state index contributed by atoms with van der Waals surface area (Å²) in [5, 5.41) is 6.97. The lowest BCUT2D eigenvalue weighted by Gasteiger charge is -2.10. The first-order valence-electron chi connectivity index (χ1n) is 9.24.